The Bertz CT molecular complexity index is 614. The standard InChI is InChI=1S/C14H17N3O3/c1-9(2)20-8-7-15-12-10-5-3-4-6-11(10)16-13(17-12)14(18)19/h3-6,9H,7-8H2,1-2H3,(H,18,19)(H,15,16,17). The van der Waals surface area contributed by atoms with Gasteiger partial charge in [0.25, 0.3) is 0 Å². The molecule has 2 rings (SSSR count). The van der Waals surface area contributed by atoms with Crippen molar-refractivity contribution in [3.8, 4) is 0 Å². The molecule has 0 bridgehead atoms. The summed E-state index contributed by atoms with van der Waals surface area (Å²) in [6.07, 6.45) is 0.161. The van der Waals surface area contributed by atoms with E-state index in [1.54, 1.807) is 6.07 Å². The van der Waals surface area contributed by atoms with Crippen molar-refractivity contribution in [2.75, 3.05) is 18.5 Å². The molecule has 0 fully saturated rings. The van der Waals surface area contributed by atoms with Crippen LogP contribution in [0.1, 0.15) is 24.5 Å². The highest BCUT2D eigenvalue weighted by molar-refractivity contribution is 5.93. The van der Waals surface area contributed by atoms with E-state index in [-0.39, 0.29) is 11.9 Å². The Balaban J connectivity index is 2.23. The van der Waals surface area contributed by atoms with Crippen LogP contribution in [0.3, 0.4) is 0 Å². The number of aromatic carboxylic acids is 1. The number of ether oxygens (including phenoxy) is 1. The number of hydrogen-bond acceptors (Lipinski definition) is 5. The molecule has 1 aromatic carbocycles. The molecule has 2 aromatic rings. The molecule has 0 aliphatic rings. The van der Waals surface area contributed by atoms with Gasteiger partial charge in [0.05, 0.1) is 18.2 Å². The number of rotatable bonds is 6. The number of hydrogen-bond donors (Lipinski definition) is 2. The highest BCUT2D eigenvalue weighted by atomic mass is 16.5. The quantitative estimate of drug-likeness (QED) is 0.786. The summed E-state index contributed by atoms with van der Waals surface area (Å²) in [5.74, 6) is -0.839. The first kappa shape index (κ1) is 14.2. The van der Waals surface area contributed by atoms with Gasteiger partial charge >= 0.3 is 5.97 Å². The topological polar surface area (TPSA) is 84.3 Å². The van der Waals surface area contributed by atoms with Gasteiger partial charge in [-0.2, -0.15) is 0 Å². The van der Waals surface area contributed by atoms with Crippen LogP contribution in [-0.2, 0) is 4.74 Å². The Hall–Kier alpha value is -2.21. The average molecular weight is 275 g/mol. The van der Waals surface area contributed by atoms with Gasteiger partial charge in [-0.3, -0.25) is 0 Å². The second-order valence-corrected chi connectivity index (χ2v) is 4.56. The molecule has 0 saturated heterocycles. The van der Waals surface area contributed by atoms with E-state index in [1.807, 2.05) is 32.0 Å². The molecular weight excluding hydrogens is 258 g/mol. The maximum absolute atomic E-state index is 11.0. The molecule has 0 amide bonds. The number of fused-ring (bicyclic) bond motifs is 1. The summed E-state index contributed by atoms with van der Waals surface area (Å²) in [7, 11) is 0. The Morgan fingerprint density at radius 1 is 1.35 bits per heavy atom. The lowest BCUT2D eigenvalue weighted by Crippen LogP contribution is -2.15. The first-order valence-electron chi connectivity index (χ1n) is 6.43. The van der Waals surface area contributed by atoms with Crippen molar-refractivity contribution >= 4 is 22.7 Å². The highest BCUT2D eigenvalue weighted by Gasteiger charge is 2.12. The lowest BCUT2D eigenvalue weighted by molar-refractivity contribution is 0.0684. The fourth-order valence-corrected chi connectivity index (χ4v) is 1.77. The summed E-state index contributed by atoms with van der Waals surface area (Å²) >= 11 is 0. The van der Waals surface area contributed by atoms with Gasteiger partial charge in [-0.15, -0.1) is 0 Å². The van der Waals surface area contributed by atoms with Gasteiger partial charge in [-0.25, -0.2) is 14.8 Å². The van der Waals surface area contributed by atoms with Crippen molar-refractivity contribution in [3.63, 3.8) is 0 Å². The summed E-state index contributed by atoms with van der Waals surface area (Å²) in [4.78, 5) is 19.1. The molecule has 0 aliphatic carbocycles. The number of carboxylic acids is 1. The van der Waals surface area contributed by atoms with Gasteiger partial charge in [-0.1, -0.05) is 12.1 Å². The molecule has 106 valence electrons. The van der Waals surface area contributed by atoms with Gasteiger partial charge in [-0.05, 0) is 26.0 Å². The van der Waals surface area contributed by atoms with Crippen LogP contribution < -0.4 is 5.32 Å². The monoisotopic (exact) mass is 275 g/mol. The predicted molar refractivity (Wildman–Crippen MR) is 76.1 cm³/mol. The maximum atomic E-state index is 11.0. The normalized spacial score (nSPS) is 10.9. The van der Waals surface area contributed by atoms with Crippen LogP contribution in [0.2, 0.25) is 0 Å². The number of carboxylic acid groups (broad SMARTS) is 1. The maximum Gasteiger partial charge on any atom is 0.374 e. The lowest BCUT2D eigenvalue weighted by atomic mass is 10.2. The van der Waals surface area contributed by atoms with E-state index in [9.17, 15) is 4.79 Å². The number of para-hydroxylation sites is 1. The van der Waals surface area contributed by atoms with E-state index in [0.717, 1.165) is 5.39 Å². The number of benzene rings is 1. The van der Waals surface area contributed by atoms with Crippen molar-refractivity contribution < 1.29 is 14.6 Å². The fourth-order valence-electron chi connectivity index (χ4n) is 1.77. The molecule has 2 N–H and O–H groups in total. The summed E-state index contributed by atoms with van der Waals surface area (Å²) in [5, 5.41) is 12.9. The van der Waals surface area contributed by atoms with Gasteiger partial charge in [0.2, 0.25) is 5.82 Å². The second kappa shape index (κ2) is 6.29. The van der Waals surface area contributed by atoms with Crippen molar-refractivity contribution in [1.29, 1.82) is 0 Å². The predicted octanol–water partition coefficient (Wildman–Crippen LogP) is 2.16. The third-order valence-corrected chi connectivity index (χ3v) is 2.64. The van der Waals surface area contributed by atoms with E-state index in [2.05, 4.69) is 15.3 Å². The number of nitrogens with one attached hydrogen (secondary N) is 1. The van der Waals surface area contributed by atoms with E-state index >= 15 is 0 Å². The van der Waals surface area contributed by atoms with Gasteiger partial charge in [0, 0.05) is 11.9 Å². The zero-order valence-electron chi connectivity index (χ0n) is 11.5. The van der Waals surface area contributed by atoms with Crippen molar-refractivity contribution in [2.45, 2.75) is 20.0 Å². The van der Waals surface area contributed by atoms with Crippen molar-refractivity contribution in [1.82, 2.24) is 9.97 Å². The summed E-state index contributed by atoms with van der Waals surface area (Å²) in [6, 6.07) is 7.29. The third kappa shape index (κ3) is 3.42. The summed E-state index contributed by atoms with van der Waals surface area (Å²) in [6.45, 7) is 5.00. The number of anilines is 1. The van der Waals surface area contributed by atoms with E-state index in [4.69, 9.17) is 9.84 Å². The first-order valence-corrected chi connectivity index (χ1v) is 6.43. The van der Waals surface area contributed by atoms with Gasteiger partial charge in [0.15, 0.2) is 0 Å². The smallest absolute Gasteiger partial charge is 0.374 e. The Morgan fingerprint density at radius 3 is 2.80 bits per heavy atom. The van der Waals surface area contributed by atoms with E-state index < -0.39 is 5.97 Å². The van der Waals surface area contributed by atoms with Crippen LogP contribution in [0, 0.1) is 0 Å². The lowest BCUT2D eigenvalue weighted by Gasteiger charge is -2.11. The van der Waals surface area contributed by atoms with Gasteiger partial charge in [0.1, 0.15) is 5.82 Å². The van der Waals surface area contributed by atoms with E-state index in [1.165, 1.54) is 0 Å². The molecule has 0 radical (unpaired) electrons. The summed E-state index contributed by atoms with van der Waals surface area (Å²) < 4.78 is 5.43. The molecule has 6 heteroatoms. The third-order valence-electron chi connectivity index (χ3n) is 2.64. The van der Waals surface area contributed by atoms with Crippen molar-refractivity contribution in [2.24, 2.45) is 0 Å². The second-order valence-electron chi connectivity index (χ2n) is 4.56. The number of nitrogens with zero attached hydrogens (tertiary/aromatic N) is 2. The Labute approximate surface area is 116 Å². The van der Waals surface area contributed by atoms with Crippen LogP contribution in [0.5, 0.6) is 0 Å². The minimum Gasteiger partial charge on any atom is -0.475 e. The minimum absolute atomic E-state index is 0.161. The average Bonchev–Trinajstić information content (AvgIpc) is 2.42. The van der Waals surface area contributed by atoms with Crippen LogP contribution >= 0.6 is 0 Å². The molecule has 1 aromatic heterocycles. The van der Waals surface area contributed by atoms with Crippen LogP contribution in [0.4, 0.5) is 5.82 Å². The minimum atomic E-state index is -1.14. The van der Waals surface area contributed by atoms with Crippen LogP contribution in [0.25, 0.3) is 10.9 Å². The zero-order valence-corrected chi connectivity index (χ0v) is 11.5. The SMILES string of the molecule is CC(C)OCCNc1nc(C(=O)O)nc2ccccc12. The zero-order chi connectivity index (χ0) is 14.5. The van der Waals surface area contributed by atoms with Crippen molar-refractivity contribution in [3.05, 3.63) is 30.1 Å². The fraction of sp³-hybridized carbons (Fsp3) is 0.357. The molecule has 0 unspecified atom stereocenters. The molecule has 20 heavy (non-hydrogen) atoms. The Kier molecular flexibility index (Phi) is 4.47. The Morgan fingerprint density at radius 2 is 2.10 bits per heavy atom. The van der Waals surface area contributed by atoms with Gasteiger partial charge < -0.3 is 15.2 Å². The number of aromatic nitrogens is 2. The summed E-state index contributed by atoms with van der Waals surface area (Å²) in [5.41, 5.74) is 0.604. The largest absolute Gasteiger partial charge is 0.475 e. The first-order chi connectivity index (χ1) is 9.58. The van der Waals surface area contributed by atoms with Crippen LogP contribution in [0.15, 0.2) is 24.3 Å². The molecule has 1 heterocycles. The van der Waals surface area contributed by atoms with E-state index in [0.29, 0.717) is 24.5 Å². The molecule has 6 nitrogen and oxygen atoms in total. The van der Waals surface area contributed by atoms with Crippen LogP contribution in [-0.4, -0.2) is 40.3 Å². The molecule has 0 aliphatic heterocycles. The highest BCUT2D eigenvalue weighted by Crippen LogP contribution is 2.19. The molecule has 0 saturated carbocycles. The number of carbonyl (C=O) groups is 1. The molecule has 0 spiro atoms. The molecular formula is C14H17N3O3. The molecule has 0 atom stereocenters.